The van der Waals surface area contributed by atoms with Crippen molar-refractivity contribution in [2.24, 2.45) is 0 Å². The molecule has 5 nitrogen and oxygen atoms in total. The highest BCUT2D eigenvalue weighted by atomic mass is 32.1. The Morgan fingerprint density at radius 3 is 2.62 bits per heavy atom. The summed E-state index contributed by atoms with van der Waals surface area (Å²) in [7, 11) is 0. The van der Waals surface area contributed by atoms with Crippen LogP contribution in [0.15, 0.2) is 24.1 Å². The Bertz CT molecular complexity index is 355. The third-order valence-electron chi connectivity index (χ3n) is 1.17. The van der Waals surface area contributed by atoms with E-state index in [0.717, 1.165) is 11.5 Å². The number of carbonyl (C=O) groups excluding carboxylic acids is 1. The van der Waals surface area contributed by atoms with E-state index in [4.69, 9.17) is 10.2 Å². The molecule has 0 radical (unpaired) electrons. The number of aliphatic hydroxyl groups excluding tert-OH is 1. The van der Waals surface area contributed by atoms with E-state index in [1.807, 2.05) is 0 Å². The van der Waals surface area contributed by atoms with Crippen LogP contribution in [-0.4, -0.2) is 26.3 Å². The zero-order chi connectivity index (χ0) is 9.84. The molecule has 0 saturated carbocycles. The third kappa shape index (κ3) is 2.38. The van der Waals surface area contributed by atoms with Crippen LogP contribution in [0.25, 0.3) is 0 Å². The number of ketones is 1. The summed E-state index contributed by atoms with van der Waals surface area (Å²) < 4.78 is 3.66. The highest BCUT2D eigenvalue weighted by Crippen LogP contribution is 2.07. The molecule has 0 atom stereocenters. The molecule has 13 heavy (non-hydrogen) atoms. The lowest BCUT2D eigenvalue weighted by atomic mass is 10.3. The van der Waals surface area contributed by atoms with Crippen LogP contribution >= 0.6 is 11.5 Å². The fourth-order valence-electron chi connectivity index (χ4n) is 0.600. The minimum Gasteiger partial charge on any atom is -0.502 e. The number of carboxylic acid groups (broad SMARTS) is 1. The Kier molecular flexibility index (Phi) is 2.76. The van der Waals surface area contributed by atoms with Gasteiger partial charge in [-0.05, 0) is 17.6 Å². The van der Waals surface area contributed by atoms with Gasteiger partial charge in [0.2, 0.25) is 11.5 Å². The number of rotatable bonds is 3. The van der Waals surface area contributed by atoms with Gasteiger partial charge in [-0.15, -0.1) is 0 Å². The second-order valence-corrected chi connectivity index (χ2v) is 2.91. The summed E-state index contributed by atoms with van der Waals surface area (Å²) in [5.41, 5.74) is 0. The Labute approximate surface area is 77.1 Å². The molecule has 1 heterocycles. The number of hydrogen-bond donors (Lipinski definition) is 2. The van der Waals surface area contributed by atoms with Crippen LogP contribution in [0.5, 0.6) is 0 Å². The molecular weight excluding hydrogens is 194 g/mol. The van der Waals surface area contributed by atoms with Crippen molar-refractivity contribution in [3.63, 3.8) is 0 Å². The van der Waals surface area contributed by atoms with Crippen LogP contribution in [-0.2, 0) is 4.79 Å². The average Bonchev–Trinajstić information content (AvgIpc) is 2.55. The number of aliphatic carboxylic acids is 1. The molecule has 2 N–H and O–H groups in total. The Hall–Kier alpha value is -1.69. The quantitative estimate of drug-likeness (QED) is 0.428. The smallest absolute Gasteiger partial charge is 0.371 e. The molecule has 0 aliphatic heterocycles. The van der Waals surface area contributed by atoms with Crippen LogP contribution in [0.3, 0.4) is 0 Å². The van der Waals surface area contributed by atoms with Gasteiger partial charge in [0.25, 0.3) is 0 Å². The highest BCUT2D eigenvalue weighted by molar-refractivity contribution is 7.08. The minimum atomic E-state index is -1.53. The molecule has 1 aromatic heterocycles. The number of aromatic nitrogens is 1. The minimum absolute atomic E-state index is 0.285. The zero-order valence-electron chi connectivity index (χ0n) is 6.30. The maximum Gasteiger partial charge on any atom is 0.371 e. The molecule has 0 saturated heterocycles. The molecule has 0 fully saturated rings. The summed E-state index contributed by atoms with van der Waals surface area (Å²) in [5.74, 6) is -3.07. The predicted molar refractivity (Wildman–Crippen MR) is 44.8 cm³/mol. The molecule has 0 unspecified atom stereocenters. The molecule has 0 aromatic carbocycles. The predicted octanol–water partition coefficient (Wildman–Crippen LogP) is 0.852. The average molecular weight is 199 g/mol. The first-order valence-corrected chi connectivity index (χ1v) is 3.97. The van der Waals surface area contributed by atoms with Gasteiger partial charge in [-0.3, -0.25) is 4.79 Å². The lowest BCUT2D eigenvalue weighted by Gasteiger charge is -1.89. The molecule has 0 aliphatic carbocycles. The van der Waals surface area contributed by atoms with E-state index < -0.39 is 17.5 Å². The van der Waals surface area contributed by atoms with Crippen molar-refractivity contribution in [3.8, 4) is 0 Å². The Morgan fingerprint density at radius 2 is 2.15 bits per heavy atom. The van der Waals surface area contributed by atoms with Gasteiger partial charge in [-0.25, -0.2) is 9.17 Å². The first kappa shape index (κ1) is 9.40. The van der Waals surface area contributed by atoms with E-state index in [0.29, 0.717) is 6.08 Å². The van der Waals surface area contributed by atoms with Crippen molar-refractivity contribution in [3.05, 3.63) is 29.0 Å². The lowest BCUT2D eigenvalue weighted by molar-refractivity contribution is -0.135. The van der Waals surface area contributed by atoms with Crippen LogP contribution < -0.4 is 0 Å². The van der Waals surface area contributed by atoms with Gasteiger partial charge in [0.1, 0.15) is 0 Å². The topological polar surface area (TPSA) is 87.5 Å². The van der Waals surface area contributed by atoms with Crippen LogP contribution in [0.2, 0.25) is 0 Å². The number of carboxylic acids is 1. The van der Waals surface area contributed by atoms with Gasteiger partial charge in [0.05, 0.1) is 4.88 Å². The van der Waals surface area contributed by atoms with Crippen molar-refractivity contribution >= 4 is 23.3 Å². The largest absolute Gasteiger partial charge is 0.502 e. The summed E-state index contributed by atoms with van der Waals surface area (Å²) in [4.78, 5) is 21.5. The zero-order valence-corrected chi connectivity index (χ0v) is 7.11. The van der Waals surface area contributed by atoms with Crippen molar-refractivity contribution in [1.82, 2.24) is 4.37 Å². The van der Waals surface area contributed by atoms with Gasteiger partial charge < -0.3 is 10.2 Å². The summed E-state index contributed by atoms with van der Waals surface area (Å²) in [6, 6.07) is 1.44. The summed E-state index contributed by atoms with van der Waals surface area (Å²) in [5, 5.41) is 17.0. The third-order valence-corrected chi connectivity index (χ3v) is 1.93. The summed E-state index contributed by atoms with van der Waals surface area (Å²) in [6.07, 6.45) is 2.07. The molecular formula is C7H5NO4S. The van der Waals surface area contributed by atoms with Crippen LogP contribution in [0, 0.1) is 0 Å². The highest BCUT2D eigenvalue weighted by Gasteiger charge is 2.10. The van der Waals surface area contributed by atoms with Crippen molar-refractivity contribution in [2.45, 2.75) is 0 Å². The number of hydrogen-bond acceptors (Lipinski definition) is 5. The number of carbonyl (C=O) groups is 2. The summed E-state index contributed by atoms with van der Waals surface area (Å²) >= 11 is 0.937. The molecule has 0 aliphatic rings. The first-order chi connectivity index (χ1) is 6.11. The van der Waals surface area contributed by atoms with Crippen molar-refractivity contribution in [1.29, 1.82) is 0 Å². The fourth-order valence-corrected chi connectivity index (χ4v) is 1.11. The second-order valence-electron chi connectivity index (χ2n) is 2.08. The van der Waals surface area contributed by atoms with Crippen LogP contribution in [0.4, 0.5) is 0 Å². The van der Waals surface area contributed by atoms with E-state index in [9.17, 15) is 9.59 Å². The van der Waals surface area contributed by atoms with E-state index in [2.05, 4.69) is 4.37 Å². The maximum atomic E-state index is 11.1. The number of nitrogens with zero attached hydrogens (tertiary/aromatic N) is 1. The lowest BCUT2D eigenvalue weighted by Crippen LogP contribution is -2.02. The molecule has 0 bridgehead atoms. The second kappa shape index (κ2) is 3.81. The van der Waals surface area contributed by atoms with Gasteiger partial charge >= 0.3 is 5.97 Å². The van der Waals surface area contributed by atoms with Crippen LogP contribution in [0.1, 0.15) is 9.67 Å². The van der Waals surface area contributed by atoms with Gasteiger partial charge in [0.15, 0.2) is 0 Å². The number of allylic oxidation sites excluding steroid dienone is 1. The summed E-state index contributed by atoms with van der Waals surface area (Å²) in [6.45, 7) is 0. The van der Waals surface area contributed by atoms with E-state index in [1.54, 1.807) is 0 Å². The number of aliphatic hydroxyl groups is 1. The van der Waals surface area contributed by atoms with Gasteiger partial charge in [0, 0.05) is 12.3 Å². The van der Waals surface area contributed by atoms with Crippen molar-refractivity contribution in [2.75, 3.05) is 0 Å². The Balaban J connectivity index is 2.82. The van der Waals surface area contributed by atoms with Crippen molar-refractivity contribution < 1.29 is 19.8 Å². The molecule has 0 spiro atoms. The monoisotopic (exact) mass is 199 g/mol. The van der Waals surface area contributed by atoms with E-state index in [-0.39, 0.29) is 4.88 Å². The first-order valence-electron chi connectivity index (χ1n) is 3.20. The molecule has 0 amide bonds. The molecule has 6 heteroatoms. The van der Waals surface area contributed by atoms with E-state index in [1.165, 1.54) is 12.3 Å². The van der Waals surface area contributed by atoms with Gasteiger partial charge in [-0.1, -0.05) is 0 Å². The fraction of sp³-hybridized carbons (Fsp3) is 0. The molecule has 1 rings (SSSR count). The maximum absolute atomic E-state index is 11.1. The molecule has 68 valence electrons. The van der Waals surface area contributed by atoms with E-state index >= 15 is 0 Å². The normalized spacial score (nSPS) is 11.2. The SMILES string of the molecule is O=C(O)C(O)=CC(=O)c1ccns1. The standard InChI is InChI=1S/C7H5NO4S/c9-4(3-5(10)7(11)12)6-1-2-8-13-6/h1-3,10H,(H,11,12). The Morgan fingerprint density at radius 1 is 1.46 bits per heavy atom. The van der Waals surface area contributed by atoms with Gasteiger partial charge in [-0.2, -0.15) is 0 Å². The molecule has 1 aromatic rings.